The molecular formula is C24H26FN5O2. The summed E-state index contributed by atoms with van der Waals surface area (Å²) in [6, 6.07) is 12.4. The van der Waals surface area contributed by atoms with Crippen LogP contribution in [0.5, 0.6) is 5.75 Å². The normalized spacial score (nSPS) is 14.9. The Balaban J connectivity index is 1.42. The van der Waals surface area contributed by atoms with Crippen molar-refractivity contribution in [1.29, 1.82) is 0 Å². The zero-order valence-electron chi connectivity index (χ0n) is 18.1. The van der Waals surface area contributed by atoms with Gasteiger partial charge in [0.05, 0.1) is 24.8 Å². The summed E-state index contributed by atoms with van der Waals surface area (Å²) in [5.41, 5.74) is 3.75. The summed E-state index contributed by atoms with van der Waals surface area (Å²) in [5.74, 6) is 0.981. The molecule has 0 aliphatic carbocycles. The molecule has 0 atom stereocenters. The number of oxime groups is 1. The minimum absolute atomic E-state index is 0.239. The van der Waals surface area contributed by atoms with Crippen LogP contribution in [0.2, 0.25) is 0 Å². The second-order valence-electron chi connectivity index (χ2n) is 7.60. The Morgan fingerprint density at radius 1 is 1.12 bits per heavy atom. The number of benzene rings is 2. The summed E-state index contributed by atoms with van der Waals surface area (Å²) in [7, 11) is 1.64. The van der Waals surface area contributed by atoms with Gasteiger partial charge in [0.2, 0.25) is 0 Å². The largest absolute Gasteiger partial charge is 0.495 e. The lowest BCUT2D eigenvalue weighted by Crippen LogP contribution is -2.48. The van der Waals surface area contributed by atoms with Gasteiger partial charge in [-0.05, 0) is 55.0 Å². The minimum Gasteiger partial charge on any atom is -0.495 e. The van der Waals surface area contributed by atoms with Crippen molar-refractivity contribution < 1.29 is 14.3 Å². The second-order valence-corrected chi connectivity index (χ2v) is 7.60. The van der Waals surface area contributed by atoms with Crippen LogP contribution in [0, 0.1) is 12.7 Å². The Labute approximate surface area is 186 Å². The molecule has 0 saturated carbocycles. The van der Waals surface area contributed by atoms with Gasteiger partial charge in [-0.15, -0.1) is 0 Å². The zero-order chi connectivity index (χ0) is 22.5. The Hall–Kier alpha value is -3.81. The third-order valence-electron chi connectivity index (χ3n) is 5.52. The molecule has 2 aromatic carbocycles. The van der Waals surface area contributed by atoms with Crippen LogP contribution < -0.4 is 9.64 Å². The number of aryl methyl sites for hydroxylation is 1. The van der Waals surface area contributed by atoms with Gasteiger partial charge in [-0.3, -0.25) is 0 Å². The standard InChI is InChI=1S/C24H26FN5O2/c1-18-16-30(17-26-18)22-9-3-19(15-23(22)32-2)4-10-24(27-31)29-13-11-28(12-14-29)21-7-5-20(25)6-8-21/h3-10,15-17,31H,11-14H2,1-2H3/b10-4+,27-24?. The van der Waals surface area contributed by atoms with E-state index in [0.29, 0.717) is 18.9 Å². The van der Waals surface area contributed by atoms with Crippen LogP contribution in [0.4, 0.5) is 10.1 Å². The Morgan fingerprint density at radius 3 is 2.50 bits per heavy atom. The van der Waals surface area contributed by atoms with Gasteiger partial charge in [0.25, 0.3) is 0 Å². The highest BCUT2D eigenvalue weighted by Gasteiger charge is 2.19. The highest BCUT2D eigenvalue weighted by molar-refractivity contribution is 5.96. The molecule has 0 amide bonds. The first-order valence-electron chi connectivity index (χ1n) is 10.4. The van der Waals surface area contributed by atoms with Gasteiger partial charge in [-0.2, -0.15) is 0 Å². The smallest absolute Gasteiger partial charge is 0.168 e. The number of hydrogen-bond acceptors (Lipinski definition) is 5. The number of rotatable bonds is 5. The lowest BCUT2D eigenvalue weighted by molar-refractivity contribution is 0.297. The lowest BCUT2D eigenvalue weighted by Gasteiger charge is -2.36. The molecular weight excluding hydrogens is 409 g/mol. The molecule has 8 heteroatoms. The molecule has 0 bridgehead atoms. The molecule has 4 rings (SSSR count). The van der Waals surface area contributed by atoms with Crippen molar-refractivity contribution in [3.05, 3.63) is 78.1 Å². The van der Waals surface area contributed by atoms with Gasteiger partial charge in [0.15, 0.2) is 5.84 Å². The molecule has 1 aromatic heterocycles. The van der Waals surface area contributed by atoms with Crippen LogP contribution >= 0.6 is 0 Å². The van der Waals surface area contributed by atoms with Gasteiger partial charge in [0.1, 0.15) is 11.6 Å². The number of amidine groups is 1. The molecule has 0 radical (unpaired) electrons. The zero-order valence-corrected chi connectivity index (χ0v) is 18.1. The van der Waals surface area contributed by atoms with E-state index in [4.69, 9.17) is 4.74 Å². The highest BCUT2D eigenvalue weighted by atomic mass is 19.1. The third kappa shape index (κ3) is 4.74. The first-order valence-corrected chi connectivity index (χ1v) is 10.4. The van der Waals surface area contributed by atoms with E-state index in [-0.39, 0.29) is 5.82 Å². The number of ether oxygens (including phenoxy) is 1. The van der Waals surface area contributed by atoms with Crippen molar-refractivity contribution >= 4 is 17.6 Å². The van der Waals surface area contributed by atoms with E-state index in [1.165, 1.54) is 12.1 Å². The van der Waals surface area contributed by atoms with Crippen molar-refractivity contribution in [2.24, 2.45) is 5.16 Å². The summed E-state index contributed by atoms with van der Waals surface area (Å²) >= 11 is 0. The molecule has 0 spiro atoms. The van der Waals surface area contributed by atoms with E-state index < -0.39 is 0 Å². The molecule has 0 unspecified atom stereocenters. The van der Waals surface area contributed by atoms with Gasteiger partial charge in [-0.1, -0.05) is 17.3 Å². The molecule has 32 heavy (non-hydrogen) atoms. The average molecular weight is 436 g/mol. The summed E-state index contributed by atoms with van der Waals surface area (Å²) in [6.45, 7) is 4.85. The maximum atomic E-state index is 13.2. The number of halogens is 1. The van der Waals surface area contributed by atoms with Gasteiger partial charge in [-0.25, -0.2) is 9.37 Å². The predicted molar refractivity (Wildman–Crippen MR) is 123 cm³/mol. The minimum atomic E-state index is -0.239. The number of anilines is 1. The molecule has 1 saturated heterocycles. The number of imidazole rings is 1. The molecule has 166 valence electrons. The fraction of sp³-hybridized carbons (Fsp3) is 0.250. The molecule has 3 aromatic rings. The van der Waals surface area contributed by atoms with Crippen LogP contribution in [0.1, 0.15) is 11.3 Å². The average Bonchev–Trinajstić information content (AvgIpc) is 3.26. The second kappa shape index (κ2) is 9.55. The van der Waals surface area contributed by atoms with E-state index in [1.807, 2.05) is 46.9 Å². The fourth-order valence-corrected chi connectivity index (χ4v) is 3.78. The number of hydrogen-bond donors (Lipinski definition) is 1. The summed E-state index contributed by atoms with van der Waals surface area (Å²) < 4.78 is 20.6. The van der Waals surface area contributed by atoms with Crippen LogP contribution in [-0.2, 0) is 0 Å². The van der Waals surface area contributed by atoms with Crippen LogP contribution in [0.15, 0.2) is 66.2 Å². The van der Waals surface area contributed by atoms with Crippen LogP contribution in [0.25, 0.3) is 11.8 Å². The van der Waals surface area contributed by atoms with E-state index in [0.717, 1.165) is 41.5 Å². The van der Waals surface area contributed by atoms with E-state index in [2.05, 4.69) is 15.0 Å². The van der Waals surface area contributed by atoms with Crippen LogP contribution in [-0.4, -0.2) is 58.8 Å². The van der Waals surface area contributed by atoms with Gasteiger partial charge < -0.3 is 24.3 Å². The van der Waals surface area contributed by atoms with E-state index in [9.17, 15) is 9.60 Å². The first kappa shape index (κ1) is 21.4. The van der Waals surface area contributed by atoms with Gasteiger partial charge in [0, 0.05) is 38.1 Å². The molecule has 2 heterocycles. The van der Waals surface area contributed by atoms with Crippen molar-refractivity contribution in [2.75, 3.05) is 38.2 Å². The monoisotopic (exact) mass is 435 g/mol. The Morgan fingerprint density at radius 2 is 1.88 bits per heavy atom. The van der Waals surface area contributed by atoms with Crippen molar-refractivity contribution in [1.82, 2.24) is 14.5 Å². The topological polar surface area (TPSA) is 66.1 Å². The van der Waals surface area contributed by atoms with E-state index >= 15 is 0 Å². The number of aromatic nitrogens is 2. The molecule has 1 fully saturated rings. The fourth-order valence-electron chi connectivity index (χ4n) is 3.78. The van der Waals surface area contributed by atoms with Crippen LogP contribution in [0.3, 0.4) is 0 Å². The number of piperazine rings is 1. The summed E-state index contributed by atoms with van der Waals surface area (Å²) in [5, 5.41) is 13.1. The molecule has 1 N–H and O–H groups in total. The molecule has 1 aliphatic heterocycles. The van der Waals surface area contributed by atoms with Crippen molar-refractivity contribution in [2.45, 2.75) is 6.92 Å². The SMILES string of the molecule is COc1cc(/C=C/C(=NO)N2CCN(c3ccc(F)cc3)CC2)ccc1-n1cnc(C)c1. The number of nitrogens with zero attached hydrogens (tertiary/aromatic N) is 5. The highest BCUT2D eigenvalue weighted by Crippen LogP contribution is 2.25. The molecule has 1 aliphatic rings. The first-order chi connectivity index (χ1) is 15.6. The molecule has 7 nitrogen and oxygen atoms in total. The van der Waals surface area contributed by atoms with Crippen molar-refractivity contribution in [3.8, 4) is 11.4 Å². The maximum Gasteiger partial charge on any atom is 0.168 e. The Kier molecular flexibility index (Phi) is 6.39. The summed E-state index contributed by atoms with van der Waals surface area (Å²) in [6.07, 6.45) is 7.39. The van der Waals surface area contributed by atoms with Crippen molar-refractivity contribution in [3.63, 3.8) is 0 Å². The van der Waals surface area contributed by atoms with Gasteiger partial charge >= 0.3 is 0 Å². The summed E-state index contributed by atoms with van der Waals surface area (Å²) in [4.78, 5) is 8.48. The third-order valence-corrected chi connectivity index (χ3v) is 5.52. The quantitative estimate of drug-likeness (QED) is 0.285. The maximum absolute atomic E-state index is 13.2. The van der Waals surface area contributed by atoms with E-state index in [1.54, 1.807) is 31.6 Å². The lowest BCUT2D eigenvalue weighted by atomic mass is 10.1. The predicted octanol–water partition coefficient (Wildman–Crippen LogP) is 3.95. The Bertz CT molecular complexity index is 1120. The number of methoxy groups -OCH3 is 1.